The maximum absolute atomic E-state index is 10.7. The lowest BCUT2D eigenvalue weighted by molar-refractivity contribution is -0.125. The van der Waals surface area contributed by atoms with Crippen LogP contribution in [-0.2, 0) is 9.59 Å². The van der Waals surface area contributed by atoms with Gasteiger partial charge in [0.15, 0.2) is 0 Å². The van der Waals surface area contributed by atoms with E-state index in [4.69, 9.17) is 0 Å². The SMILES string of the molecule is C=CNC(=O)CN(C=C)C=O. The standard InChI is InChI=1S/C7H10N2O2/c1-3-8-7(11)5-9(4-2)6-10/h3-4,6H,1-2,5H2,(H,8,11). The topological polar surface area (TPSA) is 49.4 Å². The van der Waals surface area contributed by atoms with Gasteiger partial charge in [0.25, 0.3) is 0 Å². The molecule has 4 nitrogen and oxygen atoms in total. The van der Waals surface area contributed by atoms with Crippen LogP contribution in [0.15, 0.2) is 25.6 Å². The second kappa shape index (κ2) is 5.22. The van der Waals surface area contributed by atoms with Crippen molar-refractivity contribution in [1.82, 2.24) is 10.2 Å². The third-order valence-electron chi connectivity index (χ3n) is 0.959. The van der Waals surface area contributed by atoms with Crippen LogP contribution in [0, 0.1) is 0 Å². The van der Waals surface area contributed by atoms with Crippen molar-refractivity contribution in [1.29, 1.82) is 0 Å². The maximum Gasteiger partial charge on any atom is 0.243 e. The first kappa shape index (κ1) is 9.42. The largest absolute Gasteiger partial charge is 0.332 e. The number of hydrogen-bond acceptors (Lipinski definition) is 2. The number of carbonyl (C=O) groups is 2. The molecule has 0 radical (unpaired) electrons. The summed E-state index contributed by atoms with van der Waals surface area (Å²) in [5, 5.41) is 2.32. The molecule has 0 rings (SSSR count). The van der Waals surface area contributed by atoms with Crippen LogP contribution in [0.3, 0.4) is 0 Å². The molecular formula is C7H10N2O2. The summed E-state index contributed by atoms with van der Waals surface area (Å²) in [5.41, 5.74) is 0. The number of rotatable bonds is 5. The van der Waals surface area contributed by atoms with Crippen LogP contribution < -0.4 is 5.32 Å². The van der Waals surface area contributed by atoms with Gasteiger partial charge in [-0.25, -0.2) is 0 Å². The molecule has 0 unspecified atom stereocenters. The zero-order valence-electron chi connectivity index (χ0n) is 6.12. The van der Waals surface area contributed by atoms with E-state index in [1.54, 1.807) is 0 Å². The van der Waals surface area contributed by atoms with E-state index in [1.807, 2.05) is 0 Å². The van der Waals surface area contributed by atoms with Crippen LogP contribution in [0.5, 0.6) is 0 Å². The van der Waals surface area contributed by atoms with Gasteiger partial charge in [0, 0.05) is 0 Å². The zero-order chi connectivity index (χ0) is 8.69. The Kier molecular flexibility index (Phi) is 4.47. The Balaban J connectivity index is 3.79. The number of nitrogens with zero attached hydrogens (tertiary/aromatic N) is 1. The Hall–Kier alpha value is -1.58. The molecule has 0 aromatic rings. The highest BCUT2D eigenvalue weighted by atomic mass is 16.2. The fourth-order valence-corrected chi connectivity index (χ4v) is 0.470. The Morgan fingerprint density at radius 3 is 2.55 bits per heavy atom. The molecule has 0 atom stereocenters. The molecular weight excluding hydrogens is 144 g/mol. The first-order valence-corrected chi connectivity index (χ1v) is 2.98. The summed E-state index contributed by atoms with van der Waals surface area (Å²) in [7, 11) is 0. The van der Waals surface area contributed by atoms with E-state index in [9.17, 15) is 9.59 Å². The Morgan fingerprint density at radius 1 is 1.55 bits per heavy atom. The Bertz CT molecular complexity index is 169. The first-order valence-electron chi connectivity index (χ1n) is 2.98. The van der Waals surface area contributed by atoms with Crippen LogP contribution in [0.2, 0.25) is 0 Å². The summed E-state index contributed by atoms with van der Waals surface area (Å²) in [5.74, 6) is -0.299. The van der Waals surface area contributed by atoms with Gasteiger partial charge in [-0.3, -0.25) is 9.59 Å². The lowest BCUT2D eigenvalue weighted by Gasteiger charge is -2.08. The number of amides is 2. The van der Waals surface area contributed by atoms with Gasteiger partial charge in [-0.15, -0.1) is 0 Å². The number of nitrogens with one attached hydrogen (secondary N) is 1. The minimum atomic E-state index is -0.299. The number of carbonyl (C=O) groups excluding carboxylic acids is 2. The van der Waals surface area contributed by atoms with E-state index < -0.39 is 0 Å². The molecule has 0 aromatic heterocycles. The van der Waals surface area contributed by atoms with E-state index in [0.29, 0.717) is 6.41 Å². The molecule has 0 saturated carbocycles. The maximum atomic E-state index is 10.7. The minimum Gasteiger partial charge on any atom is -0.332 e. The zero-order valence-corrected chi connectivity index (χ0v) is 6.12. The van der Waals surface area contributed by atoms with Gasteiger partial charge in [-0.05, 0) is 12.4 Å². The summed E-state index contributed by atoms with van der Waals surface area (Å²) in [6, 6.07) is 0. The molecule has 2 amide bonds. The van der Waals surface area contributed by atoms with Gasteiger partial charge in [-0.1, -0.05) is 13.2 Å². The van der Waals surface area contributed by atoms with Crippen molar-refractivity contribution in [3.63, 3.8) is 0 Å². The van der Waals surface area contributed by atoms with Crippen LogP contribution in [0.1, 0.15) is 0 Å². The van der Waals surface area contributed by atoms with Gasteiger partial charge >= 0.3 is 0 Å². The van der Waals surface area contributed by atoms with Gasteiger partial charge < -0.3 is 10.2 Å². The Morgan fingerprint density at radius 2 is 2.18 bits per heavy atom. The fourth-order valence-electron chi connectivity index (χ4n) is 0.470. The van der Waals surface area contributed by atoms with E-state index in [0.717, 1.165) is 4.90 Å². The van der Waals surface area contributed by atoms with Crippen molar-refractivity contribution in [2.24, 2.45) is 0 Å². The van der Waals surface area contributed by atoms with Gasteiger partial charge in [0.05, 0.1) is 0 Å². The molecule has 0 aliphatic carbocycles. The van der Waals surface area contributed by atoms with Crippen molar-refractivity contribution >= 4 is 12.3 Å². The van der Waals surface area contributed by atoms with Crippen molar-refractivity contribution in [3.05, 3.63) is 25.6 Å². The monoisotopic (exact) mass is 154 g/mol. The van der Waals surface area contributed by atoms with Crippen molar-refractivity contribution in [2.75, 3.05) is 6.54 Å². The van der Waals surface area contributed by atoms with E-state index in [1.165, 1.54) is 12.4 Å². The highest BCUT2D eigenvalue weighted by Gasteiger charge is 2.01. The highest BCUT2D eigenvalue weighted by molar-refractivity contribution is 5.80. The lowest BCUT2D eigenvalue weighted by Crippen LogP contribution is -2.30. The van der Waals surface area contributed by atoms with E-state index in [-0.39, 0.29) is 12.5 Å². The minimum absolute atomic E-state index is 0.0288. The molecule has 0 aliphatic heterocycles. The van der Waals surface area contributed by atoms with E-state index in [2.05, 4.69) is 18.5 Å². The summed E-state index contributed by atoms with van der Waals surface area (Å²) >= 11 is 0. The van der Waals surface area contributed by atoms with Gasteiger partial charge in [0.1, 0.15) is 6.54 Å². The fraction of sp³-hybridized carbons (Fsp3) is 0.143. The predicted molar refractivity (Wildman–Crippen MR) is 41.3 cm³/mol. The van der Waals surface area contributed by atoms with Crippen molar-refractivity contribution < 1.29 is 9.59 Å². The molecule has 1 N–H and O–H groups in total. The van der Waals surface area contributed by atoms with Gasteiger partial charge in [0.2, 0.25) is 12.3 Å². The van der Waals surface area contributed by atoms with Crippen LogP contribution in [-0.4, -0.2) is 23.8 Å². The molecule has 4 heteroatoms. The third-order valence-corrected chi connectivity index (χ3v) is 0.959. The molecule has 0 saturated heterocycles. The van der Waals surface area contributed by atoms with Crippen LogP contribution in [0.25, 0.3) is 0 Å². The average molecular weight is 154 g/mol. The quantitative estimate of drug-likeness (QED) is 0.560. The molecule has 0 aliphatic rings. The summed E-state index contributed by atoms with van der Waals surface area (Å²) < 4.78 is 0. The second-order valence-electron chi connectivity index (χ2n) is 1.73. The first-order chi connectivity index (χ1) is 5.24. The van der Waals surface area contributed by atoms with Crippen LogP contribution >= 0.6 is 0 Å². The molecule has 0 fully saturated rings. The van der Waals surface area contributed by atoms with Crippen molar-refractivity contribution in [3.8, 4) is 0 Å². The average Bonchev–Trinajstić information content (AvgIpc) is 2.01. The normalized spacial score (nSPS) is 8.00. The lowest BCUT2D eigenvalue weighted by atomic mass is 10.5. The molecule has 0 spiro atoms. The summed E-state index contributed by atoms with van der Waals surface area (Å²) in [4.78, 5) is 22.0. The van der Waals surface area contributed by atoms with E-state index >= 15 is 0 Å². The predicted octanol–water partition coefficient (Wildman–Crippen LogP) is -0.152. The molecule has 60 valence electrons. The van der Waals surface area contributed by atoms with Crippen molar-refractivity contribution in [2.45, 2.75) is 0 Å². The van der Waals surface area contributed by atoms with Gasteiger partial charge in [-0.2, -0.15) is 0 Å². The Labute approximate surface area is 65.2 Å². The molecule has 11 heavy (non-hydrogen) atoms. The third kappa shape index (κ3) is 3.91. The highest BCUT2D eigenvalue weighted by Crippen LogP contribution is 1.81. The molecule has 0 aromatic carbocycles. The van der Waals surface area contributed by atoms with Crippen LogP contribution in [0.4, 0.5) is 0 Å². The molecule has 0 heterocycles. The summed E-state index contributed by atoms with van der Waals surface area (Å²) in [6.45, 7) is 6.60. The smallest absolute Gasteiger partial charge is 0.243 e. The summed E-state index contributed by atoms with van der Waals surface area (Å²) in [6.07, 6.45) is 3.06. The second-order valence-corrected chi connectivity index (χ2v) is 1.73. The molecule has 0 bridgehead atoms. The number of hydrogen-bond donors (Lipinski definition) is 1.